The third-order valence-corrected chi connectivity index (χ3v) is 3.39. The zero-order valence-electron chi connectivity index (χ0n) is 13.3. The molecule has 1 unspecified atom stereocenters. The number of benzene rings is 2. The van der Waals surface area contributed by atoms with E-state index in [1.165, 1.54) is 7.11 Å². The molecule has 0 aliphatic heterocycles. The molecule has 122 valence electrons. The molecule has 3 rings (SSSR count). The van der Waals surface area contributed by atoms with Gasteiger partial charge < -0.3 is 14.0 Å². The molecule has 1 heterocycles. The van der Waals surface area contributed by atoms with Crippen molar-refractivity contribution < 1.29 is 18.8 Å². The Morgan fingerprint density at radius 1 is 1.12 bits per heavy atom. The lowest BCUT2D eigenvalue weighted by molar-refractivity contribution is -0.149. The number of hydrogen-bond donors (Lipinski definition) is 0. The van der Waals surface area contributed by atoms with Crippen LogP contribution in [0.4, 0.5) is 0 Å². The molecule has 1 atom stereocenters. The number of aryl methyl sites for hydroxylation is 1. The summed E-state index contributed by atoms with van der Waals surface area (Å²) in [5, 5.41) is 3.88. The highest BCUT2D eigenvalue weighted by Gasteiger charge is 2.23. The lowest BCUT2D eigenvalue weighted by atomic mass is 10.1. The standard InChI is InChI=1S/C18H16N2O4/c1-12-19-17(20-24-12)14-9-6-10-15(11-14)23-16(18(21)22-2)13-7-4-3-5-8-13/h3-11,16H,1-2H3. The Balaban J connectivity index is 1.89. The Labute approximate surface area is 139 Å². The summed E-state index contributed by atoms with van der Waals surface area (Å²) in [7, 11) is 1.33. The van der Waals surface area contributed by atoms with Crippen molar-refractivity contribution in [2.45, 2.75) is 13.0 Å². The molecule has 0 saturated carbocycles. The van der Waals surface area contributed by atoms with Gasteiger partial charge in [0.25, 0.3) is 0 Å². The summed E-state index contributed by atoms with van der Waals surface area (Å²) in [5.74, 6) is 0.983. The quantitative estimate of drug-likeness (QED) is 0.670. The first kappa shape index (κ1) is 15.7. The molecule has 0 saturated heterocycles. The number of carbonyl (C=O) groups is 1. The molecule has 0 aliphatic carbocycles. The topological polar surface area (TPSA) is 74.5 Å². The minimum Gasteiger partial charge on any atom is -0.474 e. The van der Waals surface area contributed by atoms with E-state index >= 15 is 0 Å². The molecule has 3 aromatic rings. The average molecular weight is 324 g/mol. The van der Waals surface area contributed by atoms with Crippen molar-refractivity contribution in [3.8, 4) is 17.1 Å². The van der Waals surface area contributed by atoms with Crippen LogP contribution in [-0.2, 0) is 9.53 Å². The Hall–Kier alpha value is -3.15. The number of carbonyl (C=O) groups excluding carboxylic acids is 1. The zero-order chi connectivity index (χ0) is 16.9. The van der Waals surface area contributed by atoms with Crippen LogP contribution in [0.2, 0.25) is 0 Å². The Morgan fingerprint density at radius 3 is 2.58 bits per heavy atom. The van der Waals surface area contributed by atoms with Gasteiger partial charge in [0.2, 0.25) is 17.8 Å². The van der Waals surface area contributed by atoms with E-state index < -0.39 is 12.1 Å². The van der Waals surface area contributed by atoms with Gasteiger partial charge in [0.05, 0.1) is 7.11 Å². The predicted molar refractivity (Wildman–Crippen MR) is 86.3 cm³/mol. The van der Waals surface area contributed by atoms with E-state index in [0.29, 0.717) is 23.0 Å². The monoisotopic (exact) mass is 324 g/mol. The summed E-state index contributed by atoms with van der Waals surface area (Å²) < 4.78 is 15.7. The van der Waals surface area contributed by atoms with Gasteiger partial charge in [0.15, 0.2) is 0 Å². The van der Waals surface area contributed by atoms with Gasteiger partial charge >= 0.3 is 5.97 Å². The summed E-state index contributed by atoms with van der Waals surface area (Å²) in [6, 6.07) is 16.3. The zero-order valence-corrected chi connectivity index (χ0v) is 13.3. The Bertz CT molecular complexity index is 830. The van der Waals surface area contributed by atoms with Gasteiger partial charge in [-0.2, -0.15) is 4.98 Å². The molecule has 1 aromatic heterocycles. The summed E-state index contributed by atoms with van der Waals surface area (Å²) >= 11 is 0. The van der Waals surface area contributed by atoms with Crippen molar-refractivity contribution >= 4 is 5.97 Å². The molecule has 0 aliphatic rings. The summed E-state index contributed by atoms with van der Waals surface area (Å²) in [6.45, 7) is 1.72. The van der Waals surface area contributed by atoms with E-state index in [1.54, 1.807) is 25.1 Å². The van der Waals surface area contributed by atoms with Crippen molar-refractivity contribution in [2.24, 2.45) is 0 Å². The third kappa shape index (κ3) is 3.43. The lowest BCUT2D eigenvalue weighted by Crippen LogP contribution is -2.20. The molecule has 24 heavy (non-hydrogen) atoms. The van der Waals surface area contributed by atoms with Gasteiger partial charge in [-0.1, -0.05) is 47.6 Å². The van der Waals surface area contributed by atoms with Crippen molar-refractivity contribution in [2.75, 3.05) is 7.11 Å². The second-order valence-corrected chi connectivity index (χ2v) is 5.10. The average Bonchev–Trinajstić information content (AvgIpc) is 3.06. The fraction of sp³-hybridized carbons (Fsp3) is 0.167. The highest BCUT2D eigenvalue weighted by Crippen LogP contribution is 2.27. The smallest absolute Gasteiger partial charge is 0.351 e. The molecule has 0 bridgehead atoms. The van der Waals surface area contributed by atoms with Gasteiger partial charge in [-0.15, -0.1) is 0 Å². The van der Waals surface area contributed by atoms with E-state index in [-0.39, 0.29) is 0 Å². The molecule has 0 amide bonds. The maximum absolute atomic E-state index is 12.1. The van der Waals surface area contributed by atoms with Crippen LogP contribution in [-0.4, -0.2) is 23.2 Å². The van der Waals surface area contributed by atoms with Crippen LogP contribution >= 0.6 is 0 Å². The van der Waals surface area contributed by atoms with Gasteiger partial charge in [-0.3, -0.25) is 0 Å². The number of aromatic nitrogens is 2. The Kier molecular flexibility index (Phi) is 4.56. The minimum atomic E-state index is -0.849. The maximum atomic E-state index is 12.1. The molecule has 0 N–H and O–H groups in total. The van der Waals surface area contributed by atoms with Gasteiger partial charge in [-0.05, 0) is 12.1 Å². The highest BCUT2D eigenvalue weighted by molar-refractivity contribution is 5.77. The summed E-state index contributed by atoms with van der Waals surface area (Å²) in [4.78, 5) is 16.3. The number of ether oxygens (including phenoxy) is 2. The number of nitrogens with zero attached hydrogens (tertiary/aromatic N) is 2. The first-order chi connectivity index (χ1) is 11.7. The van der Waals surface area contributed by atoms with E-state index in [2.05, 4.69) is 10.1 Å². The highest BCUT2D eigenvalue weighted by atomic mass is 16.6. The van der Waals surface area contributed by atoms with Gasteiger partial charge in [0.1, 0.15) is 5.75 Å². The van der Waals surface area contributed by atoms with Crippen LogP contribution in [0.25, 0.3) is 11.4 Å². The lowest BCUT2D eigenvalue weighted by Gasteiger charge is -2.17. The fourth-order valence-corrected chi connectivity index (χ4v) is 2.25. The minimum absolute atomic E-state index is 0.465. The maximum Gasteiger partial charge on any atom is 0.351 e. The molecule has 0 fully saturated rings. The normalized spacial score (nSPS) is 11.8. The molecule has 0 radical (unpaired) electrons. The van der Waals surface area contributed by atoms with Crippen LogP contribution in [0.15, 0.2) is 59.1 Å². The molecule has 6 nitrogen and oxygen atoms in total. The van der Waals surface area contributed by atoms with Crippen LogP contribution in [0.3, 0.4) is 0 Å². The van der Waals surface area contributed by atoms with Crippen LogP contribution in [0.1, 0.15) is 17.6 Å². The number of methoxy groups -OCH3 is 1. The number of rotatable bonds is 5. The number of hydrogen-bond acceptors (Lipinski definition) is 6. The number of esters is 1. The summed E-state index contributed by atoms with van der Waals surface area (Å²) in [5.41, 5.74) is 1.45. The first-order valence-corrected chi connectivity index (χ1v) is 7.37. The van der Waals surface area contributed by atoms with Crippen LogP contribution in [0, 0.1) is 6.92 Å². The Morgan fingerprint density at radius 2 is 1.92 bits per heavy atom. The molecular weight excluding hydrogens is 308 g/mol. The molecular formula is C18H16N2O4. The van der Waals surface area contributed by atoms with Crippen LogP contribution in [0.5, 0.6) is 5.75 Å². The van der Waals surface area contributed by atoms with Gasteiger partial charge in [-0.25, -0.2) is 4.79 Å². The molecule has 6 heteroatoms. The molecule has 2 aromatic carbocycles. The molecule has 0 spiro atoms. The second-order valence-electron chi connectivity index (χ2n) is 5.10. The largest absolute Gasteiger partial charge is 0.474 e. The van der Waals surface area contributed by atoms with Crippen molar-refractivity contribution in [3.05, 3.63) is 66.1 Å². The van der Waals surface area contributed by atoms with Crippen molar-refractivity contribution in [1.82, 2.24) is 10.1 Å². The first-order valence-electron chi connectivity index (χ1n) is 7.37. The second kappa shape index (κ2) is 6.95. The SMILES string of the molecule is COC(=O)C(Oc1cccc(-c2noc(C)n2)c1)c1ccccc1. The van der Waals surface area contributed by atoms with E-state index in [0.717, 1.165) is 5.56 Å². The van der Waals surface area contributed by atoms with Crippen LogP contribution < -0.4 is 4.74 Å². The van der Waals surface area contributed by atoms with Crippen molar-refractivity contribution in [1.29, 1.82) is 0 Å². The summed E-state index contributed by atoms with van der Waals surface area (Å²) in [6.07, 6.45) is -0.849. The fourth-order valence-electron chi connectivity index (χ4n) is 2.25. The van der Waals surface area contributed by atoms with Gasteiger partial charge in [0, 0.05) is 18.1 Å². The van der Waals surface area contributed by atoms with E-state index in [9.17, 15) is 4.79 Å². The predicted octanol–water partition coefficient (Wildman–Crippen LogP) is 3.34. The van der Waals surface area contributed by atoms with Crippen molar-refractivity contribution in [3.63, 3.8) is 0 Å². The van der Waals surface area contributed by atoms with E-state index in [4.69, 9.17) is 14.0 Å². The van der Waals surface area contributed by atoms with E-state index in [1.807, 2.05) is 36.4 Å². The third-order valence-electron chi connectivity index (χ3n) is 3.39.